The van der Waals surface area contributed by atoms with Crippen molar-refractivity contribution in [2.75, 3.05) is 6.67 Å². The van der Waals surface area contributed by atoms with Crippen LogP contribution in [0.1, 0.15) is 28.7 Å². The summed E-state index contributed by atoms with van der Waals surface area (Å²) in [6, 6.07) is 13.2. The first-order chi connectivity index (χ1) is 13.1. The Morgan fingerprint density at radius 1 is 0.767 bits per heavy atom. The van der Waals surface area contributed by atoms with Crippen LogP contribution in [0.15, 0.2) is 67.0 Å². The van der Waals surface area contributed by atoms with Crippen LogP contribution >= 0.6 is 24.8 Å². The maximum absolute atomic E-state index is 2.99. The van der Waals surface area contributed by atoms with E-state index in [1.807, 2.05) is 12.2 Å². The first-order valence-corrected chi connectivity index (χ1v) is 9.53. The molecule has 3 nitrogen and oxygen atoms in total. The van der Waals surface area contributed by atoms with Gasteiger partial charge in [-0.05, 0) is 27.7 Å². The topological polar surface area (TPSA) is 6.48 Å². The van der Waals surface area contributed by atoms with Gasteiger partial charge in [-0.2, -0.15) is 16.1 Å². The Bertz CT molecular complexity index is 853. The number of hydrogen-bond donors (Lipinski definition) is 0. The van der Waals surface area contributed by atoms with Crippen molar-refractivity contribution in [3.63, 3.8) is 0 Å². The molecular weight excluding hydrogens is 449 g/mol. The van der Waals surface area contributed by atoms with Gasteiger partial charge in [0.25, 0.3) is 0 Å². The van der Waals surface area contributed by atoms with Crippen LogP contribution in [0.25, 0.3) is 0 Å². The van der Waals surface area contributed by atoms with Crippen molar-refractivity contribution in [2.45, 2.75) is 34.1 Å². The van der Waals surface area contributed by atoms with Crippen LogP contribution < -0.4 is 4.70 Å². The number of halogens is 2. The smallest absolute Gasteiger partial charge is 0.194 e. The summed E-state index contributed by atoms with van der Waals surface area (Å²) in [5, 5.41) is 4.81. The van der Waals surface area contributed by atoms with Gasteiger partial charge in [-0.1, -0.05) is 41.1 Å². The Labute approximate surface area is 208 Å². The molecule has 2 bridgehead atoms. The molecule has 6 rings (SSSR count). The van der Waals surface area contributed by atoms with E-state index in [0.717, 1.165) is 13.1 Å². The second-order valence-corrected chi connectivity index (χ2v) is 7.40. The van der Waals surface area contributed by atoms with E-state index in [1.54, 1.807) is 0 Å². The molecule has 4 aliphatic rings. The number of quaternary nitrogens is 1. The maximum atomic E-state index is 2.99. The summed E-state index contributed by atoms with van der Waals surface area (Å²) >= 11 is 0. The maximum Gasteiger partial charge on any atom is 0.194 e. The summed E-state index contributed by atoms with van der Waals surface area (Å²) in [7, 11) is 0. The van der Waals surface area contributed by atoms with Crippen LogP contribution in [0.2, 0.25) is 0 Å². The van der Waals surface area contributed by atoms with Crippen molar-refractivity contribution < 1.29 is 21.7 Å². The zero-order valence-corrected chi connectivity index (χ0v) is 21.1. The molecule has 0 saturated carbocycles. The Morgan fingerprint density at radius 3 is 1.47 bits per heavy atom. The molecule has 0 atom stereocenters. The molecule has 0 unspecified atom stereocenters. The summed E-state index contributed by atoms with van der Waals surface area (Å²) in [6.07, 6.45) is 14.4. The molecule has 3 aliphatic heterocycles. The first-order valence-electron chi connectivity index (χ1n) is 9.53. The number of nitrogens with zero attached hydrogens (tertiary/aromatic N) is 3. The predicted octanol–water partition coefficient (Wildman–Crippen LogP) is 6.60. The predicted molar refractivity (Wildman–Crippen MR) is 127 cm³/mol. The number of hydrogen-bond acceptors (Lipinski definition) is 2. The molecule has 2 aromatic carbocycles. The fourth-order valence-electron chi connectivity index (χ4n) is 4.41. The molecule has 0 spiro atoms. The van der Waals surface area contributed by atoms with Crippen LogP contribution in [0.4, 0.5) is 11.4 Å². The standard InChI is InChI=1S/C19H22N3.C5H5.2ClH.Ti/c1-14-7-5-8-15(2)18(14)22(20-11-12-21(22)13-20)19-16(3)9-6-10-17(19)4;1-2-4-5-3-1;;;/h5-12H,13H2,1-4H3;1-3H,4H2;2*1H;/q+1;-1;;;. The van der Waals surface area contributed by atoms with Gasteiger partial charge in [0.2, 0.25) is 0 Å². The summed E-state index contributed by atoms with van der Waals surface area (Å²) in [6.45, 7) is 9.83. The molecule has 158 valence electrons. The molecule has 1 aliphatic carbocycles. The van der Waals surface area contributed by atoms with Crippen molar-refractivity contribution in [3.8, 4) is 0 Å². The third kappa shape index (κ3) is 4.15. The molecule has 1 saturated heterocycles. The average Bonchev–Trinajstić information content (AvgIpc) is 3.38. The molecule has 0 amide bonds. The van der Waals surface area contributed by atoms with Crippen molar-refractivity contribution >= 4 is 36.2 Å². The van der Waals surface area contributed by atoms with E-state index >= 15 is 0 Å². The van der Waals surface area contributed by atoms with Crippen LogP contribution in [0.5, 0.6) is 0 Å². The molecule has 30 heavy (non-hydrogen) atoms. The molecule has 6 heteroatoms. The molecular formula is C24H29Cl2N3Ti. The second-order valence-electron chi connectivity index (χ2n) is 7.40. The minimum Gasteiger partial charge on any atom is -0.273 e. The largest absolute Gasteiger partial charge is 0.273 e. The van der Waals surface area contributed by atoms with Crippen LogP contribution in [0.3, 0.4) is 0 Å². The van der Waals surface area contributed by atoms with E-state index in [4.69, 9.17) is 0 Å². The molecule has 1 fully saturated rings. The quantitative estimate of drug-likeness (QED) is 0.273. The van der Waals surface area contributed by atoms with Crippen LogP contribution in [-0.2, 0) is 21.7 Å². The monoisotopic (exact) mass is 477 g/mol. The first kappa shape index (κ1) is 26.5. The minimum atomic E-state index is 0. The van der Waals surface area contributed by atoms with E-state index in [9.17, 15) is 0 Å². The van der Waals surface area contributed by atoms with Gasteiger partial charge in [0.05, 0.1) is 12.4 Å². The molecule has 0 radical (unpaired) electrons. The van der Waals surface area contributed by atoms with Gasteiger partial charge in [-0.15, -0.1) is 31.2 Å². The van der Waals surface area contributed by atoms with Gasteiger partial charge in [-0.3, -0.25) is 6.08 Å². The normalized spacial score (nSPS) is 16.0. The third-order valence-electron chi connectivity index (χ3n) is 5.53. The van der Waals surface area contributed by atoms with E-state index in [1.165, 1.54) is 33.6 Å². The second kappa shape index (κ2) is 10.7. The molecule has 3 heterocycles. The van der Waals surface area contributed by atoms with Crippen molar-refractivity contribution in [1.29, 1.82) is 0 Å². The number of aryl methyl sites for hydroxylation is 4. The van der Waals surface area contributed by atoms with E-state index in [0.29, 0.717) is 4.70 Å². The fraction of sp³-hybridized carbons (Fsp3) is 0.250. The van der Waals surface area contributed by atoms with Gasteiger partial charge in [0.1, 0.15) is 0 Å². The van der Waals surface area contributed by atoms with Crippen molar-refractivity contribution in [2.24, 2.45) is 0 Å². The molecule has 2 aromatic rings. The fourth-order valence-corrected chi connectivity index (χ4v) is 4.41. The zero-order chi connectivity index (χ0) is 19.0. The summed E-state index contributed by atoms with van der Waals surface area (Å²) in [4.78, 5) is 0. The van der Waals surface area contributed by atoms with Crippen LogP contribution in [-0.4, -0.2) is 16.7 Å². The SMILES string of the molecule is Cc1cccc(C)c1[N+]1(c2c(C)cccc2C)N2C=CN1C2.Cl.Cl.[C-]1=CC=CC1.[Ti]. The summed E-state index contributed by atoms with van der Waals surface area (Å²) in [5.74, 6) is 0. The van der Waals surface area contributed by atoms with Gasteiger partial charge in [-0.25, -0.2) is 12.2 Å². The van der Waals surface area contributed by atoms with E-state index < -0.39 is 0 Å². The number of allylic oxidation sites excluding steroid dienone is 4. The van der Waals surface area contributed by atoms with Gasteiger partial charge >= 0.3 is 0 Å². The number of benzene rings is 2. The van der Waals surface area contributed by atoms with Gasteiger partial charge in [0, 0.05) is 44.0 Å². The summed E-state index contributed by atoms with van der Waals surface area (Å²) < 4.78 is 0.691. The van der Waals surface area contributed by atoms with Gasteiger partial charge < -0.3 is 0 Å². The average molecular weight is 478 g/mol. The number of para-hydroxylation sites is 2. The molecule has 0 aromatic heterocycles. The van der Waals surface area contributed by atoms with Crippen molar-refractivity contribution in [1.82, 2.24) is 14.7 Å². The van der Waals surface area contributed by atoms with Crippen LogP contribution in [0, 0.1) is 33.8 Å². The van der Waals surface area contributed by atoms with E-state index in [-0.39, 0.29) is 46.5 Å². The summed E-state index contributed by atoms with van der Waals surface area (Å²) in [5.41, 5.74) is 8.08. The Morgan fingerprint density at radius 2 is 1.20 bits per heavy atom. The Hall–Kier alpha value is -1.49. The van der Waals surface area contributed by atoms with E-state index in [2.05, 4.69) is 98.7 Å². The zero-order valence-electron chi connectivity index (χ0n) is 17.9. The molecule has 0 N–H and O–H groups in total. The Balaban J connectivity index is 0.000000499. The minimum absolute atomic E-state index is 0. The Kier molecular flexibility index (Phi) is 9.47. The third-order valence-corrected chi connectivity index (χ3v) is 5.53. The van der Waals surface area contributed by atoms with Gasteiger partial charge in [0.15, 0.2) is 18.0 Å². The number of rotatable bonds is 2. The van der Waals surface area contributed by atoms with Crippen molar-refractivity contribution in [3.05, 3.63) is 95.4 Å².